The monoisotopic (exact) mass is 206 g/mol. The minimum Gasteiger partial charge on any atom is -0.396 e. The van der Waals surface area contributed by atoms with E-state index in [0.29, 0.717) is 6.42 Å². The molecule has 0 bridgehead atoms. The summed E-state index contributed by atoms with van der Waals surface area (Å²) in [7, 11) is 0. The first-order valence-electron chi connectivity index (χ1n) is 5.22. The molecular weight excluding hydrogens is 188 g/mol. The van der Waals surface area contributed by atoms with E-state index in [-0.39, 0.29) is 18.4 Å². The molecule has 0 aliphatic rings. The van der Waals surface area contributed by atoms with Gasteiger partial charge in [-0.2, -0.15) is 0 Å². The van der Waals surface area contributed by atoms with Gasteiger partial charge in [0.25, 0.3) is 0 Å². The molecule has 3 nitrogen and oxygen atoms in total. The highest BCUT2D eigenvalue weighted by molar-refractivity contribution is 5.76. The van der Waals surface area contributed by atoms with Gasteiger partial charge < -0.3 is 10.8 Å². The Hall–Kier alpha value is -1.35. The number of hydrogen-bond donors (Lipinski definition) is 3. The highest BCUT2D eigenvalue weighted by Crippen LogP contribution is 2.20. The van der Waals surface area contributed by atoms with Gasteiger partial charge >= 0.3 is 0 Å². The lowest BCUT2D eigenvalue weighted by atomic mass is 9.94. The van der Waals surface area contributed by atoms with Crippen molar-refractivity contribution in [2.24, 2.45) is 5.73 Å². The molecule has 0 saturated carbocycles. The smallest absolute Gasteiger partial charge is 0.0905 e. The minimum atomic E-state index is 0.155. The van der Waals surface area contributed by atoms with Crippen LogP contribution in [0.3, 0.4) is 0 Å². The van der Waals surface area contributed by atoms with Crippen LogP contribution >= 0.6 is 0 Å². The van der Waals surface area contributed by atoms with Gasteiger partial charge in [-0.3, -0.25) is 5.41 Å². The van der Waals surface area contributed by atoms with Crippen molar-refractivity contribution >= 4 is 5.84 Å². The highest BCUT2D eigenvalue weighted by atomic mass is 16.3. The standard InChI is InChI=1S/C12H18N2O/c13-12(14)8-4-7-11(9-15)10-5-2-1-3-6-10/h1-3,5-6,11,15H,4,7-9H2,(H3,13,14). The van der Waals surface area contributed by atoms with E-state index in [1.165, 1.54) is 0 Å². The zero-order valence-corrected chi connectivity index (χ0v) is 8.82. The molecule has 0 spiro atoms. The number of amidine groups is 1. The molecule has 0 fully saturated rings. The molecule has 1 aromatic carbocycles. The second-order valence-electron chi connectivity index (χ2n) is 3.71. The third-order valence-corrected chi connectivity index (χ3v) is 2.49. The van der Waals surface area contributed by atoms with Crippen molar-refractivity contribution in [1.82, 2.24) is 0 Å². The Morgan fingerprint density at radius 2 is 2.00 bits per heavy atom. The zero-order valence-electron chi connectivity index (χ0n) is 8.82. The summed E-state index contributed by atoms with van der Waals surface area (Å²) in [6.45, 7) is 0.155. The maximum Gasteiger partial charge on any atom is 0.0905 e. The van der Waals surface area contributed by atoms with E-state index >= 15 is 0 Å². The summed E-state index contributed by atoms with van der Waals surface area (Å²) in [5.74, 6) is 0.394. The lowest BCUT2D eigenvalue weighted by Crippen LogP contribution is -2.10. The van der Waals surface area contributed by atoms with Gasteiger partial charge in [0.15, 0.2) is 0 Å². The predicted octanol–water partition coefficient (Wildman–Crippen LogP) is 1.87. The van der Waals surface area contributed by atoms with E-state index in [2.05, 4.69) is 0 Å². The Bertz CT molecular complexity index is 298. The average Bonchev–Trinajstić information content (AvgIpc) is 2.25. The van der Waals surface area contributed by atoms with Crippen molar-refractivity contribution in [1.29, 1.82) is 5.41 Å². The fraction of sp³-hybridized carbons (Fsp3) is 0.417. The third-order valence-electron chi connectivity index (χ3n) is 2.49. The Morgan fingerprint density at radius 1 is 1.33 bits per heavy atom. The van der Waals surface area contributed by atoms with Crippen molar-refractivity contribution in [3.05, 3.63) is 35.9 Å². The Kier molecular flexibility index (Phi) is 4.84. The zero-order chi connectivity index (χ0) is 11.1. The van der Waals surface area contributed by atoms with Crippen LogP contribution in [0.25, 0.3) is 0 Å². The third kappa shape index (κ3) is 4.13. The molecule has 1 unspecified atom stereocenters. The molecule has 3 heteroatoms. The first-order valence-corrected chi connectivity index (χ1v) is 5.22. The quantitative estimate of drug-likeness (QED) is 0.491. The lowest BCUT2D eigenvalue weighted by molar-refractivity contribution is 0.258. The minimum absolute atomic E-state index is 0.155. The summed E-state index contributed by atoms with van der Waals surface area (Å²) in [5, 5.41) is 16.4. The number of rotatable bonds is 6. The van der Waals surface area contributed by atoms with Crippen LogP contribution in [0, 0.1) is 5.41 Å². The van der Waals surface area contributed by atoms with Gasteiger partial charge in [0, 0.05) is 18.9 Å². The first-order chi connectivity index (χ1) is 7.24. The lowest BCUT2D eigenvalue weighted by Gasteiger charge is -2.13. The van der Waals surface area contributed by atoms with E-state index in [0.717, 1.165) is 18.4 Å². The van der Waals surface area contributed by atoms with E-state index in [1.807, 2.05) is 30.3 Å². The van der Waals surface area contributed by atoms with Crippen molar-refractivity contribution in [3.8, 4) is 0 Å². The van der Waals surface area contributed by atoms with E-state index < -0.39 is 0 Å². The number of benzene rings is 1. The molecular formula is C12H18N2O. The largest absolute Gasteiger partial charge is 0.396 e. The normalized spacial score (nSPS) is 12.3. The molecule has 0 aromatic heterocycles. The fourth-order valence-electron chi connectivity index (χ4n) is 1.63. The molecule has 0 radical (unpaired) electrons. The average molecular weight is 206 g/mol. The van der Waals surface area contributed by atoms with Crippen LogP contribution in [-0.2, 0) is 0 Å². The second-order valence-corrected chi connectivity index (χ2v) is 3.71. The van der Waals surface area contributed by atoms with Gasteiger partial charge in [-0.25, -0.2) is 0 Å². The molecule has 1 aromatic rings. The summed E-state index contributed by atoms with van der Waals surface area (Å²) < 4.78 is 0. The highest BCUT2D eigenvalue weighted by Gasteiger charge is 2.09. The van der Waals surface area contributed by atoms with Crippen LogP contribution in [0.15, 0.2) is 30.3 Å². The number of aliphatic hydroxyl groups is 1. The molecule has 82 valence electrons. The Labute approximate surface area is 90.4 Å². The molecule has 4 N–H and O–H groups in total. The molecule has 0 aliphatic carbocycles. The molecule has 15 heavy (non-hydrogen) atoms. The van der Waals surface area contributed by atoms with E-state index in [4.69, 9.17) is 11.1 Å². The van der Waals surface area contributed by atoms with Crippen molar-refractivity contribution in [2.45, 2.75) is 25.2 Å². The first kappa shape index (κ1) is 11.7. The van der Waals surface area contributed by atoms with E-state index in [1.54, 1.807) is 0 Å². The molecule has 1 atom stereocenters. The number of nitrogens with two attached hydrogens (primary N) is 1. The van der Waals surface area contributed by atoms with Crippen molar-refractivity contribution < 1.29 is 5.11 Å². The van der Waals surface area contributed by atoms with Crippen molar-refractivity contribution in [3.63, 3.8) is 0 Å². The fourth-order valence-corrected chi connectivity index (χ4v) is 1.63. The molecule has 0 heterocycles. The van der Waals surface area contributed by atoms with Gasteiger partial charge in [-0.15, -0.1) is 0 Å². The molecule has 0 amide bonds. The van der Waals surface area contributed by atoms with Gasteiger partial charge in [0.1, 0.15) is 0 Å². The Balaban J connectivity index is 2.46. The van der Waals surface area contributed by atoms with Crippen LogP contribution in [0.2, 0.25) is 0 Å². The van der Waals surface area contributed by atoms with Gasteiger partial charge in [-0.1, -0.05) is 30.3 Å². The van der Waals surface area contributed by atoms with Gasteiger partial charge in [0.05, 0.1) is 5.84 Å². The molecule has 1 rings (SSSR count). The van der Waals surface area contributed by atoms with Crippen LogP contribution in [0.5, 0.6) is 0 Å². The van der Waals surface area contributed by atoms with Crippen LogP contribution in [-0.4, -0.2) is 17.5 Å². The van der Waals surface area contributed by atoms with Gasteiger partial charge in [0.2, 0.25) is 0 Å². The maximum atomic E-state index is 9.26. The van der Waals surface area contributed by atoms with Crippen LogP contribution in [0.1, 0.15) is 30.7 Å². The predicted molar refractivity (Wildman–Crippen MR) is 62.0 cm³/mol. The summed E-state index contributed by atoms with van der Waals surface area (Å²) in [6, 6.07) is 9.96. The number of aliphatic hydroxyl groups excluding tert-OH is 1. The summed E-state index contributed by atoms with van der Waals surface area (Å²) >= 11 is 0. The molecule has 0 saturated heterocycles. The summed E-state index contributed by atoms with van der Waals surface area (Å²) in [5.41, 5.74) is 6.44. The maximum absolute atomic E-state index is 9.26. The SMILES string of the molecule is N=C(N)CCCC(CO)c1ccccc1. The number of hydrogen-bond acceptors (Lipinski definition) is 2. The van der Waals surface area contributed by atoms with Crippen LogP contribution in [0.4, 0.5) is 0 Å². The number of nitrogens with one attached hydrogen (secondary N) is 1. The molecule has 0 aliphatic heterocycles. The van der Waals surface area contributed by atoms with Crippen LogP contribution < -0.4 is 5.73 Å². The second kappa shape index (κ2) is 6.19. The summed E-state index contributed by atoms with van der Waals surface area (Å²) in [4.78, 5) is 0. The Morgan fingerprint density at radius 3 is 2.53 bits per heavy atom. The van der Waals surface area contributed by atoms with E-state index in [9.17, 15) is 5.11 Å². The summed E-state index contributed by atoms with van der Waals surface area (Å²) in [6.07, 6.45) is 2.35. The van der Waals surface area contributed by atoms with Crippen molar-refractivity contribution in [2.75, 3.05) is 6.61 Å². The van der Waals surface area contributed by atoms with Gasteiger partial charge in [-0.05, 0) is 18.4 Å². The topological polar surface area (TPSA) is 70.1 Å².